The first-order valence-corrected chi connectivity index (χ1v) is 7.59. The Bertz CT molecular complexity index is 585. The summed E-state index contributed by atoms with van der Waals surface area (Å²) in [5.41, 5.74) is 6.53. The number of nitrogens with two attached hydrogens (primary N) is 1. The van der Waals surface area contributed by atoms with E-state index in [4.69, 9.17) is 22.6 Å². The van der Waals surface area contributed by atoms with Gasteiger partial charge in [0.1, 0.15) is 0 Å². The van der Waals surface area contributed by atoms with E-state index in [9.17, 15) is 8.42 Å². The zero-order valence-corrected chi connectivity index (χ0v) is 12.4. The first-order chi connectivity index (χ1) is 8.84. The van der Waals surface area contributed by atoms with Crippen molar-refractivity contribution in [1.82, 2.24) is 4.31 Å². The Morgan fingerprint density at radius 1 is 1.47 bits per heavy atom. The quantitative estimate of drug-likeness (QED) is 0.844. The summed E-state index contributed by atoms with van der Waals surface area (Å²) in [4.78, 5) is 0.103. The van der Waals surface area contributed by atoms with Crippen molar-refractivity contribution >= 4 is 27.3 Å². The van der Waals surface area contributed by atoms with Crippen molar-refractivity contribution in [2.24, 2.45) is 0 Å². The number of hydrogen-bond donors (Lipinski definition) is 1. The predicted octanol–water partition coefficient (Wildman–Crippen LogP) is 2.15. The molecule has 0 spiro atoms. The van der Waals surface area contributed by atoms with Crippen LogP contribution >= 0.6 is 11.6 Å². The van der Waals surface area contributed by atoms with Gasteiger partial charge in [0.25, 0.3) is 0 Å². The zero-order chi connectivity index (χ0) is 14.6. The molecule has 1 rings (SSSR count). The minimum absolute atomic E-state index is 0.103. The summed E-state index contributed by atoms with van der Waals surface area (Å²) >= 11 is 5.92. The van der Waals surface area contributed by atoms with Crippen LogP contribution in [0.5, 0.6) is 0 Å². The summed E-state index contributed by atoms with van der Waals surface area (Å²) in [6, 6.07) is 4.77. The summed E-state index contributed by atoms with van der Waals surface area (Å²) in [5.74, 6) is 0. The van der Waals surface area contributed by atoms with Gasteiger partial charge in [0.05, 0.1) is 21.7 Å². The smallest absolute Gasteiger partial charge is 0.243 e. The molecule has 19 heavy (non-hydrogen) atoms. The van der Waals surface area contributed by atoms with E-state index in [2.05, 4.69) is 0 Å². The molecule has 0 aliphatic heterocycles. The van der Waals surface area contributed by atoms with Crippen LogP contribution < -0.4 is 5.73 Å². The van der Waals surface area contributed by atoms with Crippen LogP contribution in [0.3, 0.4) is 0 Å². The summed E-state index contributed by atoms with van der Waals surface area (Å²) in [7, 11) is -3.64. The van der Waals surface area contributed by atoms with E-state index in [1.807, 2.05) is 6.07 Å². The molecule has 0 radical (unpaired) electrons. The molecule has 0 amide bonds. The Labute approximate surface area is 118 Å². The van der Waals surface area contributed by atoms with Gasteiger partial charge in [-0.2, -0.15) is 9.57 Å². The predicted molar refractivity (Wildman–Crippen MR) is 75.3 cm³/mol. The Balaban J connectivity index is 3.23. The highest BCUT2D eigenvalue weighted by atomic mass is 35.5. The monoisotopic (exact) mass is 301 g/mol. The van der Waals surface area contributed by atoms with Gasteiger partial charge in [-0.1, -0.05) is 18.5 Å². The Hall–Kier alpha value is -1.29. The van der Waals surface area contributed by atoms with Gasteiger partial charge >= 0.3 is 0 Å². The van der Waals surface area contributed by atoms with E-state index in [1.165, 1.54) is 16.4 Å². The molecule has 0 aromatic heterocycles. The van der Waals surface area contributed by atoms with Gasteiger partial charge in [-0.3, -0.25) is 0 Å². The molecule has 0 heterocycles. The van der Waals surface area contributed by atoms with Gasteiger partial charge in [-0.25, -0.2) is 8.42 Å². The molecule has 0 saturated heterocycles. The molecule has 0 fully saturated rings. The van der Waals surface area contributed by atoms with Crippen molar-refractivity contribution in [3.8, 4) is 6.07 Å². The molecule has 1 aromatic rings. The van der Waals surface area contributed by atoms with E-state index in [1.54, 1.807) is 13.8 Å². The van der Waals surface area contributed by atoms with Gasteiger partial charge in [0.15, 0.2) is 0 Å². The van der Waals surface area contributed by atoms with Crippen LogP contribution in [0.4, 0.5) is 5.69 Å². The van der Waals surface area contributed by atoms with Crippen molar-refractivity contribution in [2.45, 2.75) is 25.2 Å². The number of rotatable bonds is 5. The highest BCUT2D eigenvalue weighted by Gasteiger charge is 2.24. The first kappa shape index (κ1) is 15.8. The molecule has 0 saturated carbocycles. The number of nitrogens with zero attached hydrogens (tertiary/aromatic N) is 2. The van der Waals surface area contributed by atoms with Crippen LogP contribution in [0.15, 0.2) is 17.0 Å². The van der Waals surface area contributed by atoms with Crippen molar-refractivity contribution in [2.75, 3.05) is 18.8 Å². The maximum atomic E-state index is 12.4. The molecule has 0 aliphatic carbocycles. The number of aryl methyl sites for hydroxylation is 1. The van der Waals surface area contributed by atoms with Crippen molar-refractivity contribution in [1.29, 1.82) is 5.26 Å². The number of nitriles is 1. The number of hydrogen-bond acceptors (Lipinski definition) is 4. The van der Waals surface area contributed by atoms with Gasteiger partial charge in [0.2, 0.25) is 10.0 Å². The largest absolute Gasteiger partial charge is 0.397 e. The van der Waals surface area contributed by atoms with Crippen LogP contribution in [0, 0.1) is 18.3 Å². The first-order valence-electron chi connectivity index (χ1n) is 5.77. The lowest BCUT2D eigenvalue weighted by Crippen LogP contribution is -2.31. The van der Waals surface area contributed by atoms with E-state index in [-0.39, 0.29) is 23.5 Å². The SMILES string of the molecule is CCN(CCC#N)S(=O)(=O)c1cc(C)c(Cl)c(N)c1. The second kappa shape index (κ2) is 6.24. The molecule has 0 bridgehead atoms. The van der Waals surface area contributed by atoms with Crippen molar-refractivity contribution < 1.29 is 8.42 Å². The fraction of sp³-hybridized carbons (Fsp3) is 0.417. The molecule has 0 unspecified atom stereocenters. The van der Waals surface area contributed by atoms with E-state index < -0.39 is 10.0 Å². The Morgan fingerprint density at radius 2 is 2.11 bits per heavy atom. The minimum Gasteiger partial charge on any atom is -0.397 e. The van der Waals surface area contributed by atoms with Crippen molar-refractivity contribution in [3.63, 3.8) is 0 Å². The molecule has 1 aromatic carbocycles. The molecule has 0 atom stereocenters. The highest BCUT2D eigenvalue weighted by molar-refractivity contribution is 7.89. The normalized spacial score (nSPS) is 11.5. The second-order valence-corrected chi connectivity index (χ2v) is 6.36. The summed E-state index contributed by atoms with van der Waals surface area (Å²) in [6.07, 6.45) is 0.148. The van der Waals surface area contributed by atoms with E-state index in [0.717, 1.165) is 0 Å². The lowest BCUT2D eigenvalue weighted by molar-refractivity contribution is 0.435. The lowest BCUT2D eigenvalue weighted by Gasteiger charge is -2.20. The molecular weight excluding hydrogens is 286 g/mol. The molecule has 7 heteroatoms. The fourth-order valence-electron chi connectivity index (χ4n) is 1.68. The zero-order valence-electron chi connectivity index (χ0n) is 10.9. The third kappa shape index (κ3) is 3.38. The molecule has 2 N–H and O–H groups in total. The number of nitrogen functional groups attached to an aromatic ring is 1. The molecule has 5 nitrogen and oxygen atoms in total. The maximum absolute atomic E-state index is 12.4. The minimum atomic E-state index is -3.64. The van der Waals surface area contributed by atoms with Crippen LogP contribution in [0.1, 0.15) is 18.9 Å². The standard InChI is InChI=1S/C12H16ClN3O2S/c1-3-16(6-4-5-14)19(17,18)10-7-9(2)12(13)11(15)8-10/h7-8H,3-4,6,15H2,1-2H3. The van der Waals surface area contributed by atoms with Crippen molar-refractivity contribution in [3.05, 3.63) is 22.7 Å². The Morgan fingerprint density at radius 3 is 2.58 bits per heavy atom. The molecule has 0 aliphatic rings. The van der Waals surface area contributed by atoms with Crippen LogP contribution in [0.25, 0.3) is 0 Å². The van der Waals surface area contributed by atoms with Crippen LogP contribution in [0.2, 0.25) is 5.02 Å². The lowest BCUT2D eigenvalue weighted by atomic mass is 10.2. The second-order valence-electron chi connectivity index (χ2n) is 4.05. The van der Waals surface area contributed by atoms with Gasteiger partial charge in [0, 0.05) is 19.5 Å². The highest BCUT2D eigenvalue weighted by Crippen LogP contribution is 2.28. The molecular formula is C12H16ClN3O2S. The number of benzene rings is 1. The summed E-state index contributed by atoms with van der Waals surface area (Å²) in [6.45, 7) is 3.88. The van der Waals surface area contributed by atoms with Gasteiger partial charge in [-0.15, -0.1) is 0 Å². The average Bonchev–Trinajstić information content (AvgIpc) is 2.36. The van der Waals surface area contributed by atoms with Gasteiger partial charge in [-0.05, 0) is 24.6 Å². The van der Waals surface area contributed by atoms with Gasteiger partial charge < -0.3 is 5.73 Å². The Kier molecular flexibility index (Phi) is 5.18. The summed E-state index contributed by atoms with van der Waals surface area (Å²) < 4.78 is 26.1. The van der Waals surface area contributed by atoms with Crippen LogP contribution in [-0.4, -0.2) is 25.8 Å². The van der Waals surface area contributed by atoms with Crippen LogP contribution in [-0.2, 0) is 10.0 Å². The summed E-state index contributed by atoms with van der Waals surface area (Å²) in [5, 5.41) is 8.92. The number of halogens is 1. The average molecular weight is 302 g/mol. The fourth-order valence-corrected chi connectivity index (χ4v) is 3.36. The maximum Gasteiger partial charge on any atom is 0.243 e. The number of anilines is 1. The third-order valence-electron chi connectivity index (χ3n) is 2.72. The third-order valence-corrected chi connectivity index (χ3v) is 5.19. The number of sulfonamides is 1. The topological polar surface area (TPSA) is 87.2 Å². The van der Waals surface area contributed by atoms with E-state index >= 15 is 0 Å². The molecule has 104 valence electrons. The van der Waals surface area contributed by atoms with E-state index in [0.29, 0.717) is 17.1 Å².